The minimum atomic E-state index is 0.0851. The molecule has 5 nitrogen and oxygen atoms in total. The van der Waals surface area contributed by atoms with Gasteiger partial charge in [-0.25, -0.2) is 4.98 Å². The SMILES string of the molecule is COc1cc(-c2nc3ccc(Cl)cn3c2Nc2ccc(C)cc2C)ccc1O. The number of hydrogen-bond donors (Lipinski definition) is 2. The van der Waals surface area contributed by atoms with Crippen LogP contribution in [-0.2, 0) is 0 Å². The molecule has 0 fully saturated rings. The van der Waals surface area contributed by atoms with Crippen molar-refractivity contribution in [3.63, 3.8) is 0 Å². The number of fused-ring (bicyclic) bond motifs is 1. The van der Waals surface area contributed by atoms with Crippen molar-refractivity contribution < 1.29 is 9.84 Å². The van der Waals surface area contributed by atoms with Crippen molar-refractivity contribution in [2.75, 3.05) is 12.4 Å². The maximum absolute atomic E-state index is 9.94. The molecule has 6 heteroatoms. The number of nitrogens with zero attached hydrogens (tertiary/aromatic N) is 2. The van der Waals surface area contributed by atoms with Gasteiger partial charge in [0.1, 0.15) is 17.2 Å². The number of rotatable bonds is 4. The lowest BCUT2D eigenvalue weighted by Crippen LogP contribution is -1.99. The van der Waals surface area contributed by atoms with E-state index in [1.807, 2.05) is 28.8 Å². The van der Waals surface area contributed by atoms with E-state index >= 15 is 0 Å². The van der Waals surface area contributed by atoms with Crippen LogP contribution in [-0.4, -0.2) is 21.6 Å². The number of aromatic nitrogens is 2. The van der Waals surface area contributed by atoms with Gasteiger partial charge in [-0.05, 0) is 55.8 Å². The fraction of sp³-hybridized carbons (Fsp3) is 0.136. The van der Waals surface area contributed by atoms with Gasteiger partial charge in [-0.1, -0.05) is 29.3 Å². The fourth-order valence-electron chi connectivity index (χ4n) is 3.25. The highest BCUT2D eigenvalue weighted by molar-refractivity contribution is 6.30. The van der Waals surface area contributed by atoms with Gasteiger partial charge >= 0.3 is 0 Å². The van der Waals surface area contributed by atoms with Crippen molar-refractivity contribution in [3.8, 4) is 22.8 Å². The Morgan fingerprint density at radius 2 is 1.89 bits per heavy atom. The van der Waals surface area contributed by atoms with Gasteiger partial charge in [0.25, 0.3) is 0 Å². The smallest absolute Gasteiger partial charge is 0.161 e. The molecule has 4 aromatic rings. The van der Waals surface area contributed by atoms with Crippen LogP contribution in [0.25, 0.3) is 16.9 Å². The van der Waals surface area contributed by atoms with E-state index in [0.29, 0.717) is 10.8 Å². The van der Waals surface area contributed by atoms with Crippen molar-refractivity contribution in [2.45, 2.75) is 13.8 Å². The number of aryl methyl sites for hydroxylation is 2. The molecule has 0 amide bonds. The molecule has 0 aliphatic rings. The third-order valence-electron chi connectivity index (χ3n) is 4.67. The molecule has 0 aliphatic carbocycles. The van der Waals surface area contributed by atoms with E-state index in [1.54, 1.807) is 12.1 Å². The van der Waals surface area contributed by atoms with Crippen LogP contribution in [0.4, 0.5) is 11.5 Å². The van der Waals surface area contributed by atoms with Gasteiger partial charge in [0.05, 0.1) is 12.1 Å². The number of ether oxygens (including phenoxy) is 1. The van der Waals surface area contributed by atoms with E-state index in [1.165, 1.54) is 12.7 Å². The van der Waals surface area contributed by atoms with Crippen molar-refractivity contribution >= 4 is 28.8 Å². The zero-order valence-electron chi connectivity index (χ0n) is 15.8. The van der Waals surface area contributed by atoms with E-state index < -0.39 is 0 Å². The predicted molar refractivity (Wildman–Crippen MR) is 113 cm³/mol. The number of imidazole rings is 1. The Kier molecular flexibility index (Phi) is 4.61. The van der Waals surface area contributed by atoms with Crippen LogP contribution in [0.3, 0.4) is 0 Å². The molecule has 2 aromatic heterocycles. The molecule has 0 saturated heterocycles. The Hall–Kier alpha value is -3.18. The highest BCUT2D eigenvalue weighted by Crippen LogP contribution is 2.37. The van der Waals surface area contributed by atoms with Crippen LogP contribution in [0.1, 0.15) is 11.1 Å². The fourth-order valence-corrected chi connectivity index (χ4v) is 3.41. The molecule has 4 rings (SSSR count). The second kappa shape index (κ2) is 7.09. The number of phenolic OH excluding ortho intramolecular Hbond substituents is 1. The predicted octanol–water partition coefficient (Wildman–Crippen LogP) is 5.73. The lowest BCUT2D eigenvalue weighted by atomic mass is 10.1. The molecule has 0 saturated carbocycles. The van der Waals surface area contributed by atoms with E-state index in [4.69, 9.17) is 21.3 Å². The molecule has 0 atom stereocenters. The van der Waals surface area contributed by atoms with Gasteiger partial charge in [-0.2, -0.15) is 0 Å². The quantitative estimate of drug-likeness (QED) is 0.465. The number of halogens is 1. The number of phenols is 1. The average molecular weight is 394 g/mol. The monoisotopic (exact) mass is 393 g/mol. The summed E-state index contributed by atoms with van der Waals surface area (Å²) in [5.74, 6) is 1.27. The average Bonchev–Trinajstić information content (AvgIpc) is 3.02. The van der Waals surface area contributed by atoms with Crippen molar-refractivity contribution in [3.05, 3.63) is 70.9 Å². The Bertz CT molecular complexity index is 1180. The van der Waals surface area contributed by atoms with Gasteiger partial charge in [0.2, 0.25) is 0 Å². The molecule has 28 heavy (non-hydrogen) atoms. The minimum absolute atomic E-state index is 0.0851. The summed E-state index contributed by atoms with van der Waals surface area (Å²) in [4.78, 5) is 4.78. The Labute approximate surface area is 168 Å². The summed E-state index contributed by atoms with van der Waals surface area (Å²) in [6, 6.07) is 15.1. The highest BCUT2D eigenvalue weighted by atomic mass is 35.5. The van der Waals surface area contributed by atoms with Gasteiger partial charge in [-0.3, -0.25) is 4.40 Å². The number of pyridine rings is 1. The van der Waals surface area contributed by atoms with Crippen LogP contribution in [0.5, 0.6) is 11.5 Å². The largest absolute Gasteiger partial charge is 0.504 e. The van der Waals surface area contributed by atoms with Gasteiger partial charge in [-0.15, -0.1) is 0 Å². The first-order valence-corrected chi connectivity index (χ1v) is 9.23. The third kappa shape index (κ3) is 3.25. The second-order valence-electron chi connectivity index (χ2n) is 6.71. The summed E-state index contributed by atoms with van der Waals surface area (Å²) in [5.41, 5.74) is 5.64. The first-order chi connectivity index (χ1) is 13.5. The Morgan fingerprint density at radius 3 is 2.64 bits per heavy atom. The van der Waals surface area contributed by atoms with E-state index in [-0.39, 0.29) is 5.75 Å². The Balaban J connectivity index is 1.92. The number of aromatic hydroxyl groups is 1. The van der Waals surface area contributed by atoms with E-state index in [9.17, 15) is 5.11 Å². The van der Waals surface area contributed by atoms with Crippen LogP contribution in [0, 0.1) is 13.8 Å². The molecule has 142 valence electrons. The topological polar surface area (TPSA) is 58.8 Å². The minimum Gasteiger partial charge on any atom is -0.504 e. The number of methoxy groups -OCH3 is 1. The summed E-state index contributed by atoms with van der Waals surface area (Å²) in [7, 11) is 1.52. The summed E-state index contributed by atoms with van der Waals surface area (Å²) in [6.45, 7) is 4.13. The second-order valence-corrected chi connectivity index (χ2v) is 7.15. The maximum Gasteiger partial charge on any atom is 0.161 e. The lowest BCUT2D eigenvalue weighted by molar-refractivity contribution is 0.373. The van der Waals surface area contributed by atoms with Crippen LogP contribution < -0.4 is 10.1 Å². The third-order valence-corrected chi connectivity index (χ3v) is 4.89. The molecule has 2 N–H and O–H groups in total. The molecule has 0 unspecified atom stereocenters. The standard InChI is InChI=1S/C22H20ClN3O2/c1-13-4-7-17(14(2)10-13)24-22-21(15-5-8-18(27)19(11-15)28-3)25-20-9-6-16(23)12-26(20)22/h4-12,24,27H,1-3H3. The van der Waals surface area contributed by atoms with Crippen molar-refractivity contribution in [1.29, 1.82) is 0 Å². The van der Waals surface area contributed by atoms with E-state index in [0.717, 1.165) is 34.0 Å². The molecule has 0 radical (unpaired) electrons. The van der Waals surface area contributed by atoms with Crippen molar-refractivity contribution in [2.24, 2.45) is 0 Å². The molecule has 0 spiro atoms. The summed E-state index contributed by atoms with van der Waals surface area (Å²) in [6.07, 6.45) is 1.83. The van der Waals surface area contributed by atoms with Crippen LogP contribution >= 0.6 is 11.6 Å². The number of nitrogens with one attached hydrogen (secondary N) is 1. The zero-order chi connectivity index (χ0) is 19.8. The highest BCUT2D eigenvalue weighted by Gasteiger charge is 2.17. The number of anilines is 2. The number of benzene rings is 2. The molecular weight excluding hydrogens is 374 g/mol. The van der Waals surface area contributed by atoms with Crippen LogP contribution in [0.2, 0.25) is 5.02 Å². The maximum atomic E-state index is 9.94. The molecule has 2 heterocycles. The first kappa shape index (κ1) is 18.2. The molecule has 2 aromatic carbocycles. The first-order valence-electron chi connectivity index (χ1n) is 8.85. The van der Waals surface area contributed by atoms with Gasteiger partial charge in [0, 0.05) is 17.4 Å². The van der Waals surface area contributed by atoms with Crippen LogP contribution in [0.15, 0.2) is 54.7 Å². The summed E-state index contributed by atoms with van der Waals surface area (Å²) >= 11 is 6.24. The van der Waals surface area contributed by atoms with Crippen molar-refractivity contribution in [1.82, 2.24) is 9.38 Å². The number of hydrogen-bond acceptors (Lipinski definition) is 4. The molecule has 0 aliphatic heterocycles. The van der Waals surface area contributed by atoms with E-state index in [2.05, 4.69) is 37.4 Å². The normalized spacial score (nSPS) is 11.0. The summed E-state index contributed by atoms with van der Waals surface area (Å²) in [5, 5.41) is 14.1. The lowest BCUT2D eigenvalue weighted by Gasteiger charge is -2.13. The van der Waals surface area contributed by atoms with Gasteiger partial charge < -0.3 is 15.2 Å². The molecule has 0 bridgehead atoms. The molecular formula is C22H20ClN3O2. The van der Waals surface area contributed by atoms with Gasteiger partial charge in [0.15, 0.2) is 11.5 Å². The summed E-state index contributed by atoms with van der Waals surface area (Å²) < 4.78 is 7.19. The Morgan fingerprint density at radius 1 is 1.07 bits per heavy atom. The zero-order valence-corrected chi connectivity index (χ0v) is 16.6.